The summed E-state index contributed by atoms with van der Waals surface area (Å²) in [4.78, 5) is 13.1. The lowest BCUT2D eigenvalue weighted by Crippen LogP contribution is -2.38. The Balaban J connectivity index is 3.11. The van der Waals surface area contributed by atoms with E-state index in [9.17, 15) is 13.2 Å². The van der Waals surface area contributed by atoms with Crippen molar-refractivity contribution in [3.05, 3.63) is 23.8 Å². The zero-order chi connectivity index (χ0) is 14.8. The van der Waals surface area contributed by atoms with E-state index in [1.54, 1.807) is 33.2 Å². The zero-order valence-electron chi connectivity index (χ0n) is 11.5. The van der Waals surface area contributed by atoms with Crippen LogP contribution in [-0.2, 0) is 14.8 Å². The van der Waals surface area contributed by atoms with Crippen molar-refractivity contribution >= 4 is 21.6 Å². The van der Waals surface area contributed by atoms with E-state index in [-0.39, 0.29) is 17.3 Å². The molecule has 0 heterocycles. The van der Waals surface area contributed by atoms with Crippen LogP contribution in [0.4, 0.5) is 5.69 Å². The van der Waals surface area contributed by atoms with Gasteiger partial charge in [-0.05, 0) is 24.6 Å². The van der Waals surface area contributed by atoms with E-state index < -0.39 is 10.0 Å². The monoisotopic (exact) mass is 285 g/mol. The summed E-state index contributed by atoms with van der Waals surface area (Å²) in [5.41, 5.74) is 6.61. The summed E-state index contributed by atoms with van der Waals surface area (Å²) < 4.78 is 25.8. The molecule has 0 spiro atoms. The van der Waals surface area contributed by atoms with Gasteiger partial charge in [0.25, 0.3) is 0 Å². The van der Waals surface area contributed by atoms with Crippen LogP contribution in [0.1, 0.15) is 5.56 Å². The van der Waals surface area contributed by atoms with Gasteiger partial charge in [-0.3, -0.25) is 4.79 Å². The molecule has 0 saturated heterocycles. The minimum atomic E-state index is -3.71. The maximum Gasteiger partial charge on any atom is 0.243 e. The van der Waals surface area contributed by atoms with E-state index in [0.717, 1.165) is 4.31 Å². The Bertz CT molecular complexity index is 582. The van der Waals surface area contributed by atoms with E-state index in [2.05, 4.69) is 0 Å². The molecule has 7 heteroatoms. The second kappa shape index (κ2) is 5.58. The second-order valence-electron chi connectivity index (χ2n) is 4.52. The number of likely N-dealkylation sites (N-methyl/N-ethyl adjacent to an activating group) is 2. The van der Waals surface area contributed by atoms with Gasteiger partial charge < -0.3 is 10.6 Å². The summed E-state index contributed by atoms with van der Waals surface area (Å²) >= 11 is 0. The summed E-state index contributed by atoms with van der Waals surface area (Å²) in [6.07, 6.45) is 0. The van der Waals surface area contributed by atoms with Gasteiger partial charge in [-0.15, -0.1) is 0 Å². The lowest BCUT2D eigenvalue weighted by molar-refractivity contribution is -0.128. The van der Waals surface area contributed by atoms with Gasteiger partial charge in [0.15, 0.2) is 0 Å². The molecule has 1 amide bonds. The van der Waals surface area contributed by atoms with Crippen LogP contribution < -0.4 is 5.73 Å². The molecule has 2 N–H and O–H groups in total. The summed E-state index contributed by atoms with van der Waals surface area (Å²) in [7, 11) is 0.815. The van der Waals surface area contributed by atoms with Gasteiger partial charge in [-0.2, -0.15) is 4.31 Å². The Hall–Kier alpha value is -1.60. The summed E-state index contributed by atoms with van der Waals surface area (Å²) in [5.74, 6) is -0.285. The van der Waals surface area contributed by atoms with E-state index >= 15 is 0 Å². The topological polar surface area (TPSA) is 83.7 Å². The molecule has 0 aromatic heterocycles. The number of nitrogen functional groups attached to an aromatic ring is 1. The number of amides is 1. The van der Waals surface area contributed by atoms with Crippen LogP contribution in [0, 0.1) is 6.92 Å². The van der Waals surface area contributed by atoms with Gasteiger partial charge in [-0.1, -0.05) is 6.07 Å². The Morgan fingerprint density at radius 2 is 1.84 bits per heavy atom. The minimum Gasteiger partial charge on any atom is -0.398 e. The van der Waals surface area contributed by atoms with Crippen LogP contribution in [0.25, 0.3) is 0 Å². The summed E-state index contributed by atoms with van der Waals surface area (Å²) in [5, 5.41) is 0. The van der Waals surface area contributed by atoms with Crippen LogP contribution in [-0.4, -0.2) is 51.2 Å². The molecular formula is C12H19N3O3S. The minimum absolute atomic E-state index is 0.126. The zero-order valence-corrected chi connectivity index (χ0v) is 12.4. The smallest absolute Gasteiger partial charge is 0.243 e. The third-order valence-electron chi connectivity index (χ3n) is 2.87. The number of benzene rings is 1. The third-order valence-corrected chi connectivity index (χ3v) is 4.82. The van der Waals surface area contributed by atoms with Crippen molar-refractivity contribution in [2.24, 2.45) is 0 Å². The number of sulfonamides is 1. The maximum absolute atomic E-state index is 12.4. The molecule has 6 nitrogen and oxygen atoms in total. The molecule has 19 heavy (non-hydrogen) atoms. The Kier molecular flexibility index (Phi) is 4.54. The molecule has 0 saturated carbocycles. The average molecular weight is 285 g/mol. The van der Waals surface area contributed by atoms with Crippen LogP contribution in [0.15, 0.2) is 23.1 Å². The van der Waals surface area contributed by atoms with Gasteiger partial charge in [0.2, 0.25) is 15.9 Å². The van der Waals surface area contributed by atoms with Gasteiger partial charge in [0.05, 0.1) is 11.4 Å². The molecule has 1 rings (SSSR count). The first-order valence-corrected chi connectivity index (χ1v) is 7.13. The lowest BCUT2D eigenvalue weighted by atomic mass is 10.2. The molecule has 0 aliphatic rings. The summed E-state index contributed by atoms with van der Waals surface area (Å²) in [6, 6.07) is 4.70. The van der Waals surface area contributed by atoms with Crippen molar-refractivity contribution in [3.63, 3.8) is 0 Å². The first-order chi connectivity index (χ1) is 8.67. The number of hydrogen-bond donors (Lipinski definition) is 1. The van der Waals surface area contributed by atoms with Crippen molar-refractivity contribution < 1.29 is 13.2 Å². The molecule has 0 fully saturated rings. The van der Waals surface area contributed by atoms with Crippen LogP contribution in [0.5, 0.6) is 0 Å². The highest BCUT2D eigenvalue weighted by atomic mass is 32.2. The predicted molar refractivity (Wildman–Crippen MR) is 74.1 cm³/mol. The number of carbonyl (C=O) groups excluding carboxylic acids is 1. The first-order valence-electron chi connectivity index (χ1n) is 5.69. The lowest BCUT2D eigenvalue weighted by Gasteiger charge is -2.20. The fourth-order valence-corrected chi connectivity index (χ4v) is 2.87. The van der Waals surface area contributed by atoms with Gasteiger partial charge >= 0.3 is 0 Å². The number of anilines is 1. The third kappa shape index (κ3) is 3.24. The van der Waals surface area contributed by atoms with Crippen molar-refractivity contribution in [1.82, 2.24) is 9.21 Å². The standard InChI is InChI=1S/C12H19N3O3S/c1-9-10(13)6-5-7-11(9)19(17,18)15(4)8-12(16)14(2)3/h5-7H,8,13H2,1-4H3. The molecular weight excluding hydrogens is 266 g/mol. The number of carbonyl (C=O) groups is 1. The SMILES string of the molecule is Cc1c(N)cccc1S(=O)(=O)N(C)CC(=O)N(C)C. The van der Waals surface area contributed by atoms with Crippen molar-refractivity contribution in [1.29, 1.82) is 0 Å². The van der Waals surface area contributed by atoms with Crippen molar-refractivity contribution in [3.8, 4) is 0 Å². The molecule has 0 aliphatic carbocycles. The first kappa shape index (κ1) is 15.5. The molecule has 0 radical (unpaired) electrons. The highest BCUT2D eigenvalue weighted by molar-refractivity contribution is 7.89. The Labute approximate surface area is 113 Å². The van der Waals surface area contributed by atoms with Crippen LogP contribution in [0.2, 0.25) is 0 Å². The molecule has 0 aliphatic heterocycles. The van der Waals surface area contributed by atoms with Gasteiger partial charge in [0, 0.05) is 26.8 Å². The fraction of sp³-hybridized carbons (Fsp3) is 0.417. The van der Waals surface area contributed by atoms with Gasteiger partial charge in [0.1, 0.15) is 0 Å². The largest absolute Gasteiger partial charge is 0.398 e. The van der Waals surface area contributed by atoms with Crippen molar-refractivity contribution in [2.75, 3.05) is 33.4 Å². The number of nitrogens with two attached hydrogens (primary N) is 1. The van der Waals surface area contributed by atoms with E-state index in [4.69, 9.17) is 5.73 Å². The average Bonchev–Trinajstić information content (AvgIpc) is 2.32. The Morgan fingerprint density at radius 1 is 1.26 bits per heavy atom. The molecule has 1 aromatic carbocycles. The normalized spacial score (nSPS) is 11.6. The van der Waals surface area contributed by atoms with E-state index in [1.807, 2.05) is 0 Å². The van der Waals surface area contributed by atoms with E-state index in [1.165, 1.54) is 18.0 Å². The summed E-state index contributed by atoms with van der Waals surface area (Å²) in [6.45, 7) is 1.44. The predicted octanol–water partition coefficient (Wildman–Crippen LogP) is 0.286. The quantitative estimate of drug-likeness (QED) is 0.806. The number of hydrogen-bond acceptors (Lipinski definition) is 4. The number of rotatable bonds is 4. The fourth-order valence-electron chi connectivity index (χ4n) is 1.50. The van der Waals surface area contributed by atoms with Gasteiger partial charge in [-0.25, -0.2) is 8.42 Å². The molecule has 106 valence electrons. The highest BCUT2D eigenvalue weighted by Crippen LogP contribution is 2.23. The maximum atomic E-state index is 12.4. The van der Waals surface area contributed by atoms with Crippen LogP contribution in [0.3, 0.4) is 0 Å². The molecule has 1 aromatic rings. The second-order valence-corrected chi connectivity index (χ2v) is 6.53. The molecule has 0 unspecified atom stereocenters. The van der Waals surface area contributed by atoms with E-state index in [0.29, 0.717) is 11.3 Å². The van der Waals surface area contributed by atoms with Crippen LogP contribution >= 0.6 is 0 Å². The molecule has 0 atom stereocenters. The number of nitrogens with zero attached hydrogens (tertiary/aromatic N) is 2. The van der Waals surface area contributed by atoms with Crippen molar-refractivity contribution in [2.45, 2.75) is 11.8 Å². The Morgan fingerprint density at radius 3 is 2.37 bits per heavy atom. The highest BCUT2D eigenvalue weighted by Gasteiger charge is 2.25. The molecule has 0 bridgehead atoms.